The van der Waals surface area contributed by atoms with Crippen molar-refractivity contribution in [1.82, 2.24) is 4.98 Å². The number of nitrogens with zero attached hydrogens (tertiary/aromatic N) is 1. The number of benzene rings is 6. The lowest BCUT2D eigenvalue weighted by Crippen LogP contribution is -2.30. The summed E-state index contributed by atoms with van der Waals surface area (Å²) in [6.07, 6.45) is 0. The van der Waals surface area contributed by atoms with E-state index in [1.807, 2.05) is 0 Å². The minimum Gasteiger partial charge on any atom is -0.354 e. The van der Waals surface area contributed by atoms with Crippen LogP contribution < -0.4 is 4.90 Å². The van der Waals surface area contributed by atoms with Gasteiger partial charge in [0.25, 0.3) is 0 Å². The number of nitrogens with one attached hydrogen (secondary N) is 1. The molecule has 0 fully saturated rings. The van der Waals surface area contributed by atoms with Gasteiger partial charge in [0.1, 0.15) is 0 Å². The van der Waals surface area contributed by atoms with Gasteiger partial charge in [-0.3, -0.25) is 0 Å². The molecule has 0 atom stereocenters. The van der Waals surface area contributed by atoms with Gasteiger partial charge >= 0.3 is 0 Å². The standard InChI is InChI=1S/C37H28N2/c1-37(2)30-14-8-9-15-34(30)39(27-11-4-3-5-12-27)35-21-18-26(23-31(35)37)25-17-19-32-29(22-25)36-28-13-7-6-10-24(28)16-20-33(36)38-32/h3-23,38H,1-2H3. The Morgan fingerprint density at radius 3 is 2.13 bits per heavy atom. The van der Waals surface area contributed by atoms with E-state index in [2.05, 4.69) is 151 Å². The molecule has 0 saturated carbocycles. The minimum atomic E-state index is -0.131. The number of rotatable bonds is 2. The molecule has 1 aliphatic rings. The van der Waals surface area contributed by atoms with Gasteiger partial charge in [0.15, 0.2) is 0 Å². The third-order valence-corrected chi connectivity index (χ3v) is 8.56. The van der Waals surface area contributed by atoms with E-state index in [0.717, 1.165) is 0 Å². The number of fused-ring (bicyclic) bond motifs is 7. The predicted molar refractivity (Wildman–Crippen MR) is 166 cm³/mol. The molecule has 2 heterocycles. The Morgan fingerprint density at radius 1 is 0.538 bits per heavy atom. The Labute approximate surface area is 228 Å². The maximum Gasteiger partial charge on any atom is 0.0503 e. The number of hydrogen-bond acceptors (Lipinski definition) is 1. The summed E-state index contributed by atoms with van der Waals surface area (Å²) in [5, 5.41) is 5.13. The Hall–Kier alpha value is -4.82. The largest absolute Gasteiger partial charge is 0.354 e. The van der Waals surface area contributed by atoms with Crippen LogP contribution in [-0.4, -0.2) is 4.98 Å². The first-order valence-electron chi connectivity index (χ1n) is 13.6. The second-order valence-corrected chi connectivity index (χ2v) is 11.1. The van der Waals surface area contributed by atoms with Gasteiger partial charge in [0.05, 0.1) is 11.4 Å². The van der Waals surface area contributed by atoms with Crippen LogP contribution in [0.15, 0.2) is 127 Å². The molecule has 0 aliphatic carbocycles. The molecule has 0 radical (unpaired) electrons. The summed E-state index contributed by atoms with van der Waals surface area (Å²) >= 11 is 0. The molecule has 2 heteroatoms. The molecule has 39 heavy (non-hydrogen) atoms. The Bertz CT molecular complexity index is 2050. The third kappa shape index (κ3) is 3.21. The van der Waals surface area contributed by atoms with Crippen LogP contribution in [0.4, 0.5) is 17.1 Å². The molecule has 0 bridgehead atoms. The normalized spacial score (nSPS) is 14.1. The highest BCUT2D eigenvalue weighted by molar-refractivity contribution is 6.20. The zero-order chi connectivity index (χ0) is 26.1. The lowest BCUT2D eigenvalue weighted by Gasteiger charge is -2.42. The smallest absolute Gasteiger partial charge is 0.0503 e. The van der Waals surface area contributed by atoms with E-state index in [-0.39, 0.29) is 5.41 Å². The molecule has 0 unspecified atom stereocenters. The average Bonchev–Trinajstić information content (AvgIpc) is 3.36. The van der Waals surface area contributed by atoms with Crippen LogP contribution in [-0.2, 0) is 5.41 Å². The van der Waals surface area contributed by atoms with Gasteiger partial charge in [-0.25, -0.2) is 0 Å². The van der Waals surface area contributed by atoms with Gasteiger partial charge in [0.2, 0.25) is 0 Å². The van der Waals surface area contributed by atoms with E-state index < -0.39 is 0 Å². The monoisotopic (exact) mass is 500 g/mol. The van der Waals surface area contributed by atoms with E-state index in [0.29, 0.717) is 0 Å². The molecule has 8 rings (SSSR count). The van der Waals surface area contributed by atoms with E-state index in [1.165, 1.54) is 71.9 Å². The van der Waals surface area contributed by atoms with Crippen LogP contribution >= 0.6 is 0 Å². The van der Waals surface area contributed by atoms with Gasteiger partial charge in [-0.15, -0.1) is 0 Å². The van der Waals surface area contributed by atoms with Crippen molar-refractivity contribution >= 4 is 49.6 Å². The van der Waals surface area contributed by atoms with Crippen molar-refractivity contribution in [3.63, 3.8) is 0 Å². The van der Waals surface area contributed by atoms with Gasteiger partial charge in [-0.05, 0) is 81.6 Å². The summed E-state index contributed by atoms with van der Waals surface area (Å²) in [5.74, 6) is 0. The first-order valence-corrected chi connectivity index (χ1v) is 13.6. The number of aromatic nitrogens is 1. The van der Waals surface area contributed by atoms with E-state index in [4.69, 9.17) is 0 Å². The van der Waals surface area contributed by atoms with Gasteiger partial charge in [-0.2, -0.15) is 0 Å². The third-order valence-electron chi connectivity index (χ3n) is 8.56. The zero-order valence-electron chi connectivity index (χ0n) is 22.1. The number of H-pyrrole nitrogens is 1. The molecular weight excluding hydrogens is 472 g/mol. The SMILES string of the molecule is CC1(C)c2ccccc2N(c2ccccc2)c2ccc(-c3ccc4[nH]c5ccc6ccccc6c5c4c3)cc21. The molecule has 0 spiro atoms. The van der Waals surface area contributed by atoms with Gasteiger partial charge < -0.3 is 9.88 Å². The zero-order valence-corrected chi connectivity index (χ0v) is 22.1. The molecule has 7 aromatic rings. The molecule has 0 amide bonds. The molecular formula is C37H28N2. The predicted octanol–water partition coefficient (Wildman–Crippen LogP) is 10.3. The van der Waals surface area contributed by atoms with Crippen LogP contribution in [0, 0.1) is 0 Å². The maximum absolute atomic E-state index is 3.64. The summed E-state index contributed by atoms with van der Waals surface area (Å²) in [6, 6.07) is 46.5. The summed E-state index contributed by atoms with van der Waals surface area (Å²) < 4.78 is 0. The van der Waals surface area contributed by atoms with Gasteiger partial charge in [-0.1, -0.05) is 92.7 Å². The average molecular weight is 501 g/mol. The van der Waals surface area contributed by atoms with Crippen LogP contribution in [0.2, 0.25) is 0 Å². The molecule has 186 valence electrons. The molecule has 1 aromatic heterocycles. The summed E-state index contributed by atoms with van der Waals surface area (Å²) in [6.45, 7) is 4.71. The summed E-state index contributed by atoms with van der Waals surface area (Å²) in [5.41, 5.74) is 11.1. The number of hydrogen-bond donors (Lipinski definition) is 1. The fraction of sp³-hybridized carbons (Fsp3) is 0.0811. The second kappa shape index (κ2) is 8.09. The first-order chi connectivity index (χ1) is 19.1. The van der Waals surface area contributed by atoms with E-state index >= 15 is 0 Å². The lowest BCUT2D eigenvalue weighted by atomic mass is 9.73. The van der Waals surface area contributed by atoms with Crippen LogP contribution in [0.1, 0.15) is 25.0 Å². The van der Waals surface area contributed by atoms with Gasteiger partial charge in [0, 0.05) is 32.9 Å². The second-order valence-electron chi connectivity index (χ2n) is 11.1. The number of anilines is 3. The number of aromatic amines is 1. The Kier molecular flexibility index (Phi) is 4.60. The van der Waals surface area contributed by atoms with Crippen molar-refractivity contribution in [2.45, 2.75) is 19.3 Å². The lowest BCUT2D eigenvalue weighted by molar-refractivity contribution is 0.632. The highest BCUT2D eigenvalue weighted by Gasteiger charge is 2.36. The Balaban J connectivity index is 1.34. The Morgan fingerprint density at radius 2 is 1.23 bits per heavy atom. The summed E-state index contributed by atoms with van der Waals surface area (Å²) in [7, 11) is 0. The van der Waals surface area contributed by atoms with Crippen LogP contribution in [0.25, 0.3) is 43.7 Å². The van der Waals surface area contributed by atoms with Crippen molar-refractivity contribution in [2.75, 3.05) is 4.90 Å². The van der Waals surface area contributed by atoms with Crippen molar-refractivity contribution in [3.8, 4) is 11.1 Å². The van der Waals surface area contributed by atoms with E-state index in [9.17, 15) is 0 Å². The fourth-order valence-corrected chi connectivity index (χ4v) is 6.59. The summed E-state index contributed by atoms with van der Waals surface area (Å²) in [4.78, 5) is 6.05. The molecule has 6 aromatic carbocycles. The van der Waals surface area contributed by atoms with Crippen molar-refractivity contribution < 1.29 is 0 Å². The number of para-hydroxylation sites is 2. The first kappa shape index (κ1) is 22.2. The van der Waals surface area contributed by atoms with Crippen LogP contribution in [0.3, 0.4) is 0 Å². The fourth-order valence-electron chi connectivity index (χ4n) is 6.59. The quantitative estimate of drug-likeness (QED) is 0.250. The maximum atomic E-state index is 3.64. The van der Waals surface area contributed by atoms with Crippen molar-refractivity contribution in [2.24, 2.45) is 0 Å². The molecule has 1 aliphatic heterocycles. The molecule has 0 saturated heterocycles. The highest BCUT2D eigenvalue weighted by Crippen LogP contribution is 2.52. The van der Waals surface area contributed by atoms with Crippen molar-refractivity contribution in [3.05, 3.63) is 139 Å². The molecule has 1 N–H and O–H groups in total. The van der Waals surface area contributed by atoms with Crippen molar-refractivity contribution in [1.29, 1.82) is 0 Å². The van der Waals surface area contributed by atoms with Crippen LogP contribution in [0.5, 0.6) is 0 Å². The highest BCUT2D eigenvalue weighted by atomic mass is 15.2. The molecule has 2 nitrogen and oxygen atoms in total. The van der Waals surface area contributed by atoms with E-state index in [1.54, 1.807) is 0 Å². The topological polar surface area (TPSA) is 19.0 Å². The minimum absolute atomic E-state index is 0.131.